The topological polar surface area (TPSA) is 114 Å². The monoisotopic (exact) mass is 435 g/mol. The number of quaternary nitrogens is 1. The lowest BCUT2D eigenvalue weighted by atomic mass is 9.87. The predicted octanol–water partition coefficient (Wildman–Crippen LogP) is 2.23. The average Bonchev–Trinajstić information content (AvgIpc) is 3.65. The van der Waals surface area contributed by atoms with Crippen LogP contribution in [0.3, 0.4) is 0 Å². The highest BCUT2D eigenvalue weighted by molar-refractivity contribution is 5.98. The number of hydrogen-bond acceptors (Lipinski definition) is 7. The Morgan fingerprint density at radius 3 is 2.56 bits per heavy atom. The van der Waals surface area contributed by atoms with Crippen molar-refractivity contribution < 1.29 is 19.9 Å². The van der Waals surface area contributed by atoms with Gasteiger partial charge in [-0.2, -0.15) is 10.6 Å². The molecule has 0 aliphatic heterocycles. The molecule has 0 saturated heterocycles. The third-order valence-corrected chi connectivity index (χ3v) is 5.44. The zero-order valence-corrected chi connectivity index (χ0v) is 18.3. The zero-order valence-electron chi connectivity index (χ0n) is 18.3. The van der Waals surface area contributed by atoms with Crippen LogP contribution in [0.25, 0.3) is 11.3 Å². The number of aromatic nitrogens is 3. The largest absolute Gasteiger partial charge is 0.480 e. The van der Waals surface area contributed by atoms with Gasteiger partial charge in [0, 0.05) is 24.1 Å². The Hall–Kier alpha value is -3.56. The van der Waals surface area contributed by atoms with Crippen LogP contribution in [0.4, 0.5) is 11.5 Å². The van der Waals surface area contributed by atoms with Crippen molar-refractivity contribution in [2.24, 2.45) is 0 Å². The van der Waals surface area contributed by atoms with E-state index < -0.39 is 5.41 Å². The van der Waals surface area contributed by atoms with Crippen LogP contribution in [0.2, 0.25) is 0 Å². The van der Waals surface area contributed by atoms with E-state index in [1.807, 2.05) is 50.2 Å². The number of carbonyl (C=O) groups excluding carboxylic acids is 1. The minimum atomic E-state index is -0.885. The summed E-state index contributed by atoms with van der Waals surface area (Å²) in [6.07, 6.45) is 5.17. The maximum Gasteiger partial charge on any atom is 0.236 e. The first-order valence-electron chi connectivity index (χ1n) is 10.4. The van der Waals surface area contributed by atoms with Gasteiger partial charge in [0.15, 0.2) is 5.82 Å². The number of anilines is 2. The summed E-state index contributed by atoms with van der Waals surface area (Å²) in [5.74, 6) is 0.775. The van der Waals surface area contributed by atoms with Crippen molar-refractivity contribution in [1.82, 2.24) is 15.0 Å². The molecule has 1 fully saturated rings. The van der Waals surface area contributed by atoms with Crippen LogP contribution >= 0.6 is 0 Å². The molecule has 3 aromatic rings. The number of benzene rings is 1. The predicted molar refractivity (Wildman–Crippen MR) is 119 cm³/mol. The van der Waals surface area contributed by atoms with Crippen molar-refractivity contribution in [2.45, 2.75) is 38.1 Å². The molecule has 1 aliphatic carbocycles. The molecule has 2 aromatic heterocycles. The van der Waals surface area contributed by atoms with Crippen molar-refractivity contribution in [2.75, 3.05) is 17.9 Å². The maximum absolute atomic E-state index is 13.1. The van der Waals surface area contributed by atoms with Crippen LogP contribution in [0.5, 0.6) is 5.88 Å². The fourth-order valence-electron chi connectivity index (χ4n) is 3.16. The third kappa shape index (κ3) is 4.84. The Morgan fingerprint density at radius 1 is 1.12 bits per heavy atom. The molecule has 1 aromatic carbocycles. The summed E-state index contributed by atoms with van der Waals surface area (Å²) in [7, 11) is 1.54. The summed E-state index contributed by atoms with van der Waals surface area (Å²) in [5, 5.41) is 13.2. The van der Waals surface area contributed by atoms with Gasteiger partial charge in [-0.15, -0.1) is 0 Å². The number of hydrogen-bond donors (Lipinski definition) is 4. The molecule has 0 bridgehead atoms. The second kappa shape index (κ2) is 8.89. The lowest BCUT2D eigenvalue weighted by Gasteiger charge is -2.24. The van der Waals surface area contributed by atoms with Gasteiger partial charge in [-0.1, -0.05) is 23.4 Å². The minimum absolute atomic E-state index is 0.188. The summed E-state index contributed by atoms with van der Waals surface area (Å²) in [5.41, 5.74) is 4.87. The summed E-state index contributed by atoms with van der Waals surface area (Å²) < 4.78 is 5.12. The summed E-state index contributed by atoms with van der Waals surface area (Å²) in [6.45, 7) is 3.64. The van der Waals surface area contributed by atoms with Crippen molar-refractivity contribution in [3.05, 3.63) is 60.6 Å². The van der Waals surface area contributed by atoms with Crippen LogP contribution < -0.4 is 20.7 Å². The van der Waals surface area contributed by atoms with E-state index in [0.717, 1.165) is 18.4 Å². The number of pyridine rings is 1. The van der Waals surface area contributed by atoms with Gasteiger partial charge in [0.2, 0.25) is 11.8 Å². The number of nitrogens with one attached hydrogen (secondary N) is 3. The molecule has 4 rings (SSSR count). The van der Waals surface area contributed by atoms with Gasteiger partial charge in [0.25, 0.3) is 0 Å². The summed E-state index contributed by atoms with van der Waals surface area (Å²) in [6, 6.07) is 13.0. The van der Waals surface area contributed by atoms with Crippen LogP contribution in [0.15, 0.2) is 54.9 Å². The van der Waals surface area contributed by atoms with Crippen molar-refractivity contribution in [3.63, 3.8) is 0 Å². The molecule has 0 spiro atoms. The van der Waals surface area contributed by atoms with Gasteiger partial charge in [-0.25, -0.2) is 9.97 Å². The molecule has 166 valence electrons. The van der Waals surface area contributed by atoms with Gasteiger partial charge < -0.3 is 10.1 Å². The van der Waals surface area contributed by atoms with E-state index in [9.17, 15) is 10.0 Å². The van der Waals surface area contributed by atoms with Gasteiger partial charge in [-0.3, -0.25) is 9.78 Å². The van der Waals surface area contributed by atoms with Gasteiger partial charge in [0.05, 0.1) is 36.3 Å². The summed E-state index contributed by atoms with van der Waals surface area (Å²) >= 11 is 0. The van der Waals surface area contributed by atoms with E-state index in [2.05, 4.69) is 25.7 Å². The number of nitrogens with zero attached hydrogens (tertiary/aromatic N) is 3. The van der Waals surface area contributed by atoms with E-state index >= 15 is 0 Å². The standard InChI is InChI=1S/C23H26N6O3/c1-23(2,19-5-4-6-20(27-19)28-29(31)17-11-12-17)22(30)25-16-9-7-15(8-10-16)18-13-24-14-21(26-18)32-3/h4-10,13-14,17,31H,11-12H2,1-3H3,(H,25,30)(H,27,28)/p+1. The first-order valence-corrected chi connectivity index (χ1v) is 10.4. The van der Waals surface area contributed by atoms with Crippen LogP contribution in [0.1, 0.15) is 32.4 Å². The Balaban J connectivity index is 1.45. The highest BCUT2D eigenvalue weighted by atomic mass is 16.5. The first kappa shape index (κ1) is 21.7. The smallest absolute Gasteiger partial charge is 0.236 e. The number of carbonyl (C=O) groups is 1. The second-order valence-corrected chi connectivity index (χ2v) is 8.30. The summed E-state index contributed by atoms with van der Waals surface area (Å²) in [4.78, 5) is 26.1. The first-order chi connectivity index (χ1) is 15.4. The Kier molecular flexibility index (Phi) is 6.02. The molecule has 1 amide bonds. The van der Waals surface area contributed by atoms with Gasteiger partial charge in [0.1, 0.15) is 6.04 Å². The Morgan fingerprint density at radius 2 is 1.88 bits per heavy atom. The fourth-order valence-corrected chi connectivity index (χ4v) is 3.16. The number of rotatable bonds is 8. The van der Waals surface area contributed by atoms with Crippen molar-refractivity contribution in [3.8, 4) is 17.1 Å². The second-order valence-electron chi connectivity index (χ2n) is 8.30. The van der Waals surface area contributed by atoms with E-state index in [0.29, 0.717) is 28.8 Å². The van der Waals surface area contributed by atoms with Crippen molar-refractivity contribution >= 4 is 17.4 Å². The highest BCUT2D eigenvalue weighted by Gasteiger charge is 2.35. The van der Waals surface area contributed by atoms with Crippen LogP contribution in [-0.4, -0.2) is 39.2 Å². The lowest BCUT2D eigenvalue weighted by Crippen LogP contribution is -3.14. The molecule has 0 radical (unpaired) electrons. The molecule has 9 nitrogen and oxygen atoms in total. The molecular formula is C23H27N6O3+. The number of ether oxygens (including phenoxy) is 1. The third-order valence-electron chi connectivity index (χ3n) is 5.44. The molecule has 9 heteroatoms. The lowest BCUT2D eigenvalue weighted by molar-refractivity contribution is -1.08. The fraction of sp³-hybridized carbons (Fsp3) is 0.304. The molecule has 32 heavy (non-hydrogen) atoms. The zero-order chi connectivity index (χ0) is 22.7. The maximum atomic E-state index is 13.1. The quantitative estimate of drug-likeness (QED) is 0.401. The van der Waals surface area contributed by atoms with E-state index in [1.165, 1.54) is 0 Å². The molecular weight excluding hydrogens is 408 g/mol. The highest BCUT2D eigenvalue weighted by Crippen LogP contribution is 2.26. The van der Waals surface area contributed by atoms with E-state index in [1.54, 1.807) is 25.6 Å². The number of methoxy groups -OCH3 is 1. The minimum Gasteiger partial charge on any atom is -0.480 e. The molecule has 1 aliphatic rings. The van der Waals surface area contributed by atoms with Gasteiger partial charge in [-0.05, 0) is 38.1 Å². The Bertz CT molecular complexity index is 1100. The molecule has 1 atom stereocenters. The SMILES string of the molecule is COc1cncc(-c2ccc(NC(=O)C(C)(C)c3cccc(N[NH+](O)C4CC4)n3)cc2)n1. The van der Waals surface area contributed by atoms with Crippen molar-refractivity contribution in [1.29, 1.82) is 0 Å². The molecule has 1 saturated carbocycles. The average molecular weight is 436 g/mol. The van der Waals surface area contributed by atoms with Crippen LogP contribution in [-0.2, 0) is 10.2 Å². The molecule has 2 heterocycles. The number of hydroxylamine groups is 1. The van der Waals surface area contributed by atoms with Gasteiger partial charge >= 0.3 is 0 Å². The molecule has 1 unspecified atom stereocenters. The Labute approximate surface area is 186 Å². The van der Waals surface area contributed by atoms with E-state index in [4.69, 9.17) is 4.74 Å². The normalized spacial score (nSPS) is 14.5. The van der Waals surface area contributed by atoms with Crippen LogP contribution in [0, 0.1) is 0 Å². The van der Waals surface area contributed by atoms with E-state index in [-0.39, 0.29) is 17.1 Å². The number of amides is 1. The molecule has 4 N–H and O–H groups in total.